The van der Waals surface area contributed by atoms with Crippen LogP contribution in [-0.2, 0) is 6.42 Å². The fourth-order valence-corrected chi connectivity index (χ4v) is 2.99. The Morgan fingerprint density at radius 2 is 1.95 bits per heavy atom. The number of para-hydroxylation sites is 1. The summed E-state index contributed by atoms with van der Waals surface area (Å²) >= 11 is 0. The van der Waals surface area contributed by atoms with Crippen LogP contribution in [0.1, 0.15) is 22.7 Å². The number of nitrogens with one attached hydrogen (secondary N) is 1. The van der Waals surface area contributed by atoms with E-state index in [0.29, 0.717) is 6.54 Å². The van der Waals surface area contributed by atoms with Gasteiger partial charge in [-0.1, -0.05) is 42.5 Å². The first-order chi connectivity index (χ1) is 10.7. The fourth-order valence-electron chi connectivity index (χ4n) is 2.99. The molecule has 22 heavy (non-hydrogen) atoms. The Balaban J connectivity index is 1.83. The van der Waals surface area contributed by atoms with Gasteiger partial charge in [0, 0.05) is 12.2 Å². The maximum absolute atomic E-state index is 12.6. The molecule has 2 N–H and O–H groups in total. The largest absolute Gasteiger partial charge is 0.394 e. The van der Waals surface area contributed by atoms with Gasteiger partial charge >= 0.3 is 6.03 Å². The molecule has 4 heteroatoms. The first-order valence-electron chi connectivity index (χ1n) is 7.52. The molecule has 0 radical (unpaired) electrons. The maximum Gasteiger partial charge on any atom is 0.322 e. The highest BCUT2D eigenvalue weighted by Gasteiger charge is 2.30. The zero-order valence-electron chi connectivity index (χ0n) is 12.6. The summed E-state index contributed by atoms with van der Waals surface area (Å²) in [4.78, 5) is 14.3. The van der Waals surface area contributed by atoms with E-state index in [-0.39, 0.29) is 18.7 Å². The maximum atomic E-state index is 12.6. The van der Waals surface area contributed by atoms with Crippen molar-refractivity contribution in [2.75, 3.05) is 18.5 Å². The molecule has 1 aliphatic rings. The minimum absolute atomic E-state index is 0.0712. The van der Waals surface area contributed by atoms with Crippen LogP contribution in [0.5, 0.6) is 0 Å². The van der Waals surface area contributed by atoms with Gasteiger partial charge in [-0.2, -0.15) is 0 Å². The highest BCUT2D eigenvalue weighted by molar-refractivity contribution is 5.90. The van der Waals surface area contributed by atoms with E-state index < -0.39 is 0 Å². The van der Waals surface area contributed by atoms with Crippen molar-refractivity contribution in [2.45, 2.75) is 19.4 Å². The molecule has 1 heterocycles. The molecule has 0 fully saturated rings. The van der Waals surface area contributed by atoms with Gasteiger partial charge in [-0.05, 0) is 36.1 Å². The monoisotopic (exact) mass is 296 g/mol. The van der Waals surface area contributed by atoms with E-state index >= 15 is 0 Å². The minimum atomic E-state index is -0.283. The number of anilines is 1. The Kier molecular flexibility index (Phi) is 4.11. The lowest BCUT2D eigenvalue weighted by Crippen LogP contribution is -2.43. The van der Waals surface area contributed by atoms with E-state index in [1.165, 1.54) is 5.56 Å². The molecule has 0 aliphatic carbocycles. The Hall–Kier alpha value is -2.33. The van der Waals surface area contributed by atoms with Crippen molar-refractivity contribution in [3.63, 3.8) is 0 Å². The second-order valence-electron chi connectivity index (χ2n) is 5.59. The van der Waals surface area contributed by atoms with Crippen LogP contribution in [0, 0.1) is 6.92 Å². The molecule has 0 saturated heterocycles. The number of aryl methyl sites for hydroxylation is 1. The molecule has 114 valence electrons. The summed E-state index contributed by atoms with van der Waals surface area (Å²) in [5, 5.41) is 12.7. The molecule has 4 nitrogen and oxygen atoms in total. The number of aliphatic hydroxyl groups excluding tert-OH is 1. The first-order valence-corrected chi connectivity index (χ1v) is 7.52. The molecule has 2 aromatic carbocycles. The van der Waals surface area contributed by atoms with Gasteiger partial charge < -0.3 is 15.3 Å². The number of carbonyl (C=O) groups excluding carboxylic acids is 1. The number of hydrogen-bond donors (Lipinski definition) is 2. The fraction of sp³-hybridized carbons (Fsp3) is 0.278. The van der Waals surface area contributed by atoms with Crippen molar-refractivity contribution in [1.82, 2.24) is 4.90 Å². The van der Waals surface area contributed by atoms with Crippen molar-refractivity contribution in [1.29, 1.82) is 0 Å². The molecule has 1 unspecified atom stereocenters. The molecular weight excluding hydrogens is 276 g/mol. The number of carbonyl (C=O) groups is 1. The third kappa shape index (κ3) is 2.70. The van der Waals surface area contributed by atoms with Crippen LogP contribution in [0.25, 0.3) is 0 Å². The van der Waals surface area contributed by atoms with Crippen molar-refractivity contribution in [3.8, 4) is 0 Å². The van der Waals surface area contributed by atoms with Crippen molar-refractivity contribution < 1.29 is 9.90 Å². The van der Waals surface area contributed by atoms with Gasteiger partial charge in [0.25, 0.3) is 0 Å². The number of aliphatic hydroxyl groups is 1. The Labute approximate surface area is 130 Å². The van der Waals surface area contributed by atoms with Gasteiger partial charge in [-0.15, -0.1) is 0 Å². The highest BCUT2D eigenvalue weighted by atomic mass is 16.3. The van der Waals surface area contributed by atoms with Crippen molar-refractivity contribution >= 4 is 11.7 Å². The number of rotatable bonds is 2. The minimum Gasteiger partial charge on any atom is -0.394 e. The molecular formula is C18H20N2O2. The van der Waals surface area contributed by atoms with Crippen LogP contribution in [-0.4, -0.2) is 29.2 Å². The third-order valence-corrected chi connectivity index (χ3v) is 4.23. The van der Waals surface area contributed by atoms with Crippen LogP contribution in [0.15, 0.2) is 48.5 Å². The van der Waals surface area contributed by atoms with Crippen LogP contribution in [0.3, 0.4) is 0 Å². The zero-order valence-corrected chi connectivity index (χ0v) is 12.6. The van der Waals surface area contributed by atoms with Gasteiger partial charge in [-0.3, -0.25) is 0 Å². The van der Waals surface area contributed by atoms with Crippen LogP contribution >= 0.6 is 0 Å². The van der Waals surface area contributed by atoms with E-state index in [2.05, 4.69) is 11.4 Å². The number of urea groups is 1. The zero-order chi connectivity index (χ0) is 15.5. The van der Waals surface area contributed by atoms with Gasteiger partial charge in [0.15, 0.2) is 0 Å². The van der Waals surface area contributed by atoms with Gasteiger partial charge in [0.1, 0.15) is 0 Å². The van der Waals surface area contributed by atoms with Crippen molar-refractivity contribution in [2.24, 2.45) is 0 Å². The average Bonchev–Trinajstić information content (AvgIpc) is 2.55. The Morgan fingerprint density at radius 1 is 1.23 bits per heavy atom. The molecule has 1 aliphatic heterocycles. The summed E-state index contributed by atoms with van der Waals surface area (Å²) < 4.78 is 0. The Morgan fingerprint density at radius 3 is 2.73 bits per heavy atom. The number of hydrogen-bond acceptors (Lipinski definition) is 2. The lowest BCUT2D eigenvalue weighted by Gasteiger charge is -2.36. The quantitative estimate of drug-likeness (QED) is 0.894. The molecule has 0 saturated carbocycles. The molecule has 0 spiro atoms. The van der Waals surface area contributed by atoms with Gasteiger partial charge in [-0.25, -0.2) is 4.79 Å². The van der Waals surface area contributed by atoms with E-state index in [4.69, 9.17) is 0 Å². The van der Waals surface area contributed by atoms with Gasteiger partial charge in [0.2, 0.25) is 0 Å². The summed E-state index contributed by atoms with van der Waals surface area (Å²) in [5.74, 6) is 0. The number of amides is 2. The van der Waals surface area contributed by atoms with Crippen LogP contribution in [0.4, 0.5) is 10.5 Å². The van der Waals surface area contributed by atoms with Crippen LogP contribution in [0.2, 0.25) is 0 Å². The predicted octanol–water partition coefficient (Wildman–Crippen LogP) is 3.12. The lowest BCUT2D eigenvalue weighted by atomic mass is 9.93. The van der Waals surface area contributed by atoms with Crippen molar-refractivity contribution in [3.05, 3.63) is 65.2 Å². The smallest absolute Gasteiger partial charge is 0.322 e. The summed E-state index contributed by atoms with van der Waals surface area (Å²) in [6.07, 6.45) is 0.813. The Bertz CT molecular complexity index is 684. The second-order valence-corrected chi connectivity index (χ2v) is 5.59. The number of nitrogens with zero attached hydrogens (tertiary/aromatic N) is 1. The average molecular weight is 296 g/mol. The topological polar surface area (TPSA) is 52.6 Å². The summed E-state index contributed by atoms with van der Waals surface area (Å²) in [6.45, 7) is 2.50. The SMILES string of the molecule is Cc1ccccc1NC(=O)N1CCc2ccccc2C1CO. The molecule has 1 atom stereocenters. The van der Waals surface area contributed by atoms with Crippen LogP contribution < -0.4 is 5.32 Å². The first kappa shape index (κ1) is 14.6. The van der Waals surface area contributed by atoms with E-state index in [0.717, 1.165) is 23.2 Å². The summed E-state index contributed by atoms with van der Waals surface area (Å²) in [6, 6.07) is 15.2. The third-order valence-electron chi connectivity index (χ3n) is 4.23. The predicted molar refractivity (Wildman–Crippen MR) is 86.9 cm³/mol. The van der Waals surface area contributed by atoms with E-state index in [1.807, 2.05) is 49.4 Å². The molecule has 0 aromatic heterocycles. The molecule has 0 bridgehead atoms. The highest BCUT2D eigenvalue weighted by Crippen LogP contribution is 2.30. The van der Waals surface area contributed by atoms with Gasteiger partial charge in [0.05, 0.1) is 12.6 Å². The molecule has 2 amide bonds. The second kappa shape index (κ2) is 6.20. The van der Waals surface area contributed by atoms with E-state index in [1.54, 1.807) is 4.90 Å². The number of benzene rings is 2. The summed E-state index contributed by atoms with van der Waals surface area (Å²) in [7, 11) is 0. The normalized spacial score (nSPS) is 17.0. The summed E-state index contributed by atoms with van der Waals surface area (Å²) in [5.41, 5.74) is 4.08. The molecule has 2 aromatic rings. The molecule has 3 rings (SSSR count). The van der Waals surface area contributed by atoms with E-state index in [9.17, 15) is 9.90 Å². The standard InChI is InChI=1S/C18H20N2O2/c1-13-6-2-5-9-16(13)19-18(22)20-11-10-14-7-3-4-8-15(14)17(20)12-21/h2-9,17,21H,10-12H2,1H3,(H,19,22). The lowest BCUT2D eigenvalue weighted by molar-refractivity contribution is 0.135. The number of fused-ring (bicyclic) bond motifs is 1.